The van der Waals surface area contributed by atoms with Gasteiger partial charge < -0.3 is 9.64 Å². The predicted molar refractivity (Wildman–Crippen MR) is 63.5 cm³/mol. The number of ether oxygens (including phenoxy) is 1. The molecular formula is C12H20ClNO2. The van der Waals surface area contributed by atoms with Crippen molar-refractivity contribution in [1.82, 2.24) is 4.90 Å². The van der Waals surface area contributed by atoms with Gasteiger partial charge in [-0.15, -0.1) is 11.6 Å². The van der Waals surface area contributed by atoms with E-state index in [0.29, 0.717) is 13.2 Å². The summed E-state index contributed by atoms with van der Waals surface area (Å²) in [6.45, 7) is 1.08. The molecule has 0 radical (unpaired) electrons. The fourth-order valence-corrected chi connectivity index (χ4v) is 3.18. The molecule has 0 N–H and O–H groups in total. The summed E-state index contributed by atoms with van der Waals surface area (Å²) < 4.78 is 4.96. The normalized spacial score (nSPS) is 33.3. The quantitative estimate of drug-likeness (QED) is 0.691. The van der Waals surface area contributed by atoms with Crippen LogP contribution in [0.25, 0.3) is 0 Å². The fraction of sp³-hybridized carbons (Fsp3) is 0.917. The predicted octanol–water partition coefficient (Wildman–Crippen LogP) is 1.74. The molecule has 3 atom stereocenters. The Kier molecular flexibility index (Phi) is 3.75. The highest BCUT2D eigenvalue weighted by molar-refractivity contribution is 6.21. The van der Waals surface area contributed by atoms with Crippen LogP contribution in [0.3, 0.4) is 0 Å². The van der Waals surface area contributed by atoms with Crippen LogP contribution < -0.4 is 0 Å². The third kappa shape index (κ3) is 2.69. The zero-order valence-electron chi connectivity index (χ0n) is 9.99. The molecule has 0 aromatic rings. The number of carbonyl (C=O) groups excluding carboxylic acids is 1. The van der Waals surface area contributed by atoms with Crippen molar-refractivity contribution in [3.05, 3.63) is 0 Å². The molecular weight excluding hydrogens is 226 g/mol. The summed E-state index contributed by atoms with van der Waals surface area (Å²) in [4.78, 5) is 13.8. The third-order valence-corrected chi connectivity index (χ3v) is 4.05. The van der Waals surface area contributed by atoms with Crippen LogP contribution in [0.15, 0.2) is 0 Å². The zero-order chi connectivity index (χ0) is 11.7. The van der Waals surface area contributed by atoms with Gasteiger partial charge >= 0.3 is 0 Å². The van der Waals surface area contributed by atoms with Gasteiger partial charge in [0.15, 0.2) is 0 Å². The number of alkyl halides is 1. The summed E-state index contributed by atoms with van der Waals surface area (Å²) >= 11 is 6.05. The van der Waals surface area contributed by atoms with Crippen molar-refractivity contribution in [2.45, 2.75) is 24.6 Å². The van der Waals surface area contributed by atoms with Gasteiger partial charge in [0.1, 0.15) is 0 Å². The molecule has 0 spiro atoms. The standard InChI is InChI=1S/C12H20ClNO2/c1-14(6-11(13)7-16-2)12(15)10-4-8-3-9(8)5-10/h8-11H,3-7H2,1-2H3. The second-order valence-electron chi connectivity index (χ2n) is 5.20. The Labute approximate surface area is 102 Å². The number of amides is 1. The Morgan fingerprint density at radius 3 is 2.62 bits per heavy atom. The van der Waals surface area contributed by atoms with Crippen molar-refractivity contribution < 1.29 is 9.53 Å². The highest BCUT2D eigenvalue weighted by Gasteiger charge is 2.48. The Hall–Kier alpha value is -0.280. The summed E-state index contributed by atoms with van der Waals surface area (Å²) in [7, 11) is 3.47. The largest absolute Gasteiger partial charge is 0.383 e. The lowest BCUT2D eigenvalue weighted by atomic mass is 10.0. The molecule has 2 aliphatic carbocycles. The lowest BCUT2D eigenvalue weighted by Gasteiger charge is -2.23. The molecule has 0 saturated heterocycles. The van der Waals surface area contributed by atoms with Gasteiger partial charge in [-0.1, -0.05) is 0 Å². The number of rotatable bonds is 5. The minimum atomic E-state index is -0.102. The van der Waals surface area contributed by atoms with E-state index in [2.05, 4.69) is 0 Å². The van der Waals surface area contributed by atoms with Gasteiger partial charge in [0, 0.05) is 26.6 Å². The highest BCUT2D eigenvalue weighted by atomic mass is 35.5. The molecule has 92 valence electrons. The first kappa shape index (κ1) is 12.2. The molecule has 1 amide bonds. The molecule has 0 bridgehead atoms. The molecule has 3 unspecified atom stereocenters. The highest BCUT2D eigenvalue weighted by Crippen LogP contribution is 2.54. The molecule has 0 aliphatic heterocycles. The van der Waals surface area contributed by atoms with Crippen molar-refractivity contribution in [3.63, 3.8) is 0 Å². The van der Waals surface area contributed by atoms with Crippen LogP contribution in [0.4, 0.5) is 0 Å². The summed E-state index contributed by atoms with van der Waals surface area (Å²) in [5.74, 6) is 2.25. The molecule has 0 aromatic heterocycles. The van der Waals surface area contributed by atoms with Crippen LogP contribution in [0, 0.1) is 17.8 Å². The van der Waals surface area contributed by atoms with E-state index in [1.165, 1.54) is 6.42 Å². The Balaban J connectivity index is 1.75. The van der Waals surface area contributed by atoms with Crippen LogP contribution in [0.5, 0.6) is 0 Å². The SMILES string of the molecule is COCC(Cl)CN(C)C(=O)C1CC2CC2C1. The van der Waals surface area contributed by atoms with Gasteiger partial charge in [-0.05, 0) is 31.1 Å². The summed E-state index contributed by atoms with van der Waals surface area (Å²) in [6, 6.07) is 0. The van der Waals surface area contributed by atoms with Crippen LogP contribution in [-0.2, 0) is 9.53 Å². The fourth-order valence-electron chi connectivity index (χ4n) is 2.85. The molecule has 0 heterocycles. The molecule has 2 rings (SSSR count). The number of halogens is 1. The van der Waals surface area contributed by atoms with Gasteiger partial charge in [0.25, 0.3) is 0 Å². The van der Waals surface area contributed by atoms with Gasteiger partial charge in [-0.25, -0.2) is 0 Å². The second-order valence-corrected chi connectivity index (χ2v) is 5.81. The minimum absolute atomic E-state index is 0.102. The van der Waals surface area contributed by atoms with E-state index < -0.39 is 0 Å². The number of fused-ring (bicyclic) bond motifs is 1. The Morgan fingerprint density at radius 1 is 1.44 bits per heavy atom. The van der Waals surface area contributed by atoms with Crippen LogP contribution >= 0.6 is 11.6 Å². The first-order chi connectivity index (χ1) is 7.61. The molecule has 4 heteroatoms. The van der Waals surface area contributed by atoms with Crippen molar-refractivity contribution in [2.24, 2.45) is 17.8 Å². The topological polar surface area (TPSA) is 29.5 Å². The zero-order valence-corrected chi connectivity index (χ0v) is 10.7. The van der Waals surface area contributed by atoms with Crippen molar-refractivity contribution in [2.75, 3.05) is 27.3 Å². The second kappa shape index (κ2) is 4.92. The average molecular weight is 246 g/mol. The summed E-state index contributed by atoms with van der Waals surface area (Å²) in [5.41, 5.74) is 0. The van der Waals surface area contributed by atoms with Crippen LogP contribution in [-0.4, -0.2) is 43.5 Å². The number of methoxy groups -OCH3 is 1. The Morgan fingerprint density at radius 2 is 2.06 bits per heavy atom. The van der Waals surface area contributed by atoms with Gasteiger partial charge in [0.05, 0.1) is 12.0 Å². The number of carbonyl (C=O) groups is 1. The maximum Gasteiger partial charge on any atom is 0.225 e. The van der Waals surface area contributed by atoms with E-state index in [1.54, 1.807) is 12.0 Å². The molecule has 2 saturated carbocycles. The van der Waals surface area contributed by atoms with E-state index in [0.717, 1.165) is 24.7 Å². The first-order valence-electron chi connectivity index (χ1n) is 5.99. The average Bonchev–Trinajstić information content (AvgIpc) is 2.85. The molecule has 0 aromatic carbocycles. The van der Waals surface area contributed by atoms with Crippen molar-refractivity contribution >= 4 is 17.5 Å². The van der Waals surface area contributed by atoms with Gasteiger partial charge in [0.2, 0.25) is 5.91 Å². The maximum absolute atomic E-state index is 12.1. The van der Waals surface area contributed by atoms with E-state index in [1.807, 2.05) is 7.05 Å². The lowest BCUT2D eigenvalue weighted by Crippen LogP contribution is -2.37. The molecule has 2 fully saturated rings. The van der Waals surface area contributed by atoms with E-state index in [9.17, 15) is 4.79 Å². The van der Waals surface area contributed by atoms with E-state index >= 15 is 0 Å². The number of hydrogen-bond donors (Lipinski definition) is 0. The maximum atomic E-state index is 12.1. The van der Waals surface area contributed by atoms with Crippen molar-refractivity contribution in [3.8, 4) is 0 Å². The number of nitrogens with zero attached hydrogens (tertiary/aromatic N) is 1. The molecule has 2 aliphatic rings. The van der Waals surface area contributed by atoms with E-state index in [-0.39, 0.29) is 17.2 Å². The van der Waals surface area contributed by atoms with Gasteiger partial charge in [-0.3, -0.25) is 4.79 Å². The minimum Gasteiger partial charge on any atom is -0.383 e. The molecule has 3 nitrogen and oxygen atoms in total. The smallest absolute Gasteiger partial charge is 0.225 e. The molecule has 16 heavy (non-hydrogen) atoms. The van der Waals surface area contributed by atoms with Crippen LogP contribution in [0.2, 0.25) is 0 Å². The summed E-state index contributed by atoms with van der Waals surface area (Å²) in [6.07, 6.45) is 3.56. The lowest BCUT2D eigenvalue weighted by molar-refractivity contribution is -0.134. The van der Waals surface area contributed by atoms with Gasteiger partial charge in [-0.2, -0.15) is 0 Å². The first-order valence-corrected chi connectivity index (χ1v) is 6.43. The Bertz CT molecular complexity index is 262. The van der Waals surface area contributed by atoms with Crippen LogP contribution in [0.1, 0.15) is 19.3 Å². The monoisotopic (exact) mass is 245 g/mol. The summed E-state index contributed by atoms with van der Waals surface area (Å²) in [5, 5.41) is -0.102. The van der Waals surface area contributed by atoms with E-state index in [4.69, 9.17) is 16.3 Å². The third-order valence-electron chi connectivity index (χ3n) is 3.79. The number of hydrogen-bond acceptors (Lipinski definition) is 2. The van der Waals surface area contributed by atoms with Crippen molar-refractivity contribution in [1.29, 1.82) is 0 Å².